The molecule has 0 saturated heterocycles. The molecular weight excluding hydrogens is 259 g/mol. The molecule has 0 aliphatic carbocycles. The fourth-order valence-corrected chi connectivity index (χ4v) is 2.08. The SMILES string of the molecule is CCOC(=O)CCCCOc1ccc2c(c1)B(O)OC2. The molecule has 2 rings (SSSR count). The van der Waals surface area contributed by atoms with Crippen molar-refractivity contribution in [2.75, 3.05) is 13.2 Å². The quantitative estimate of drug-likeness (QED) is 0.458. The van der Waals surface area contributed by atoms with Crippen molar-refractivity contribution in [1.29, 1.82) is 0 Å². The normalized spacial score (nSPS) is 13.2. The highest BCUT2D eigenvalue weighted by Gasteiger charge is 2.27. The second-order valence-electron chi connectivity index (χ2n) is 4.63. The van der Waals surface area contributed by atoms with E-state index in [1.807, 2.05) is 12.1 Å². The number of hydrogen-bond donors (Lipinski definition) is 1. The third-order valence-corrected chi connectivity index (χ3v) is 3.13. The lowest BCUT2D eigenvalue weighted by Crippen LogP contribution is -2.28. The van der Waals surface area contributed by atoms with Crippen molar-refractivity contribution in [3.8, 4) is 5.75 Å². The molecule has 1 aliphatic heterocycles. The molecule has 0 atom stereocenters. The van der Waals surface area contributed by atoms with Gasteiger partial charge in [0.15, 0.2) is 0 Å². The highest BCUT2D eigenvalue weighted by Crippen LogP contribution is 2.16. The summed E-state index contributed by atoms with van der Waals surface area (Å²) in [4.78, 5) is 11.1. The van der Waals surface area contributed by atoms with Gasteiger partial charge in [0.1, 0.15) is 5.75 Å². The summed E-state index contributed by atoms with van der Waals surface area (Å²) in [6, 6.07) is 5.57. The van der Waals surface area contributed by atoms with Gasteiger partial charge in [-0.25, -0.2) is 0 Å². The predicted molar refractivity (Wildman–Crippen MR) is 74.8 cm³/mol. The molecule has 0 spiro atoms. The Bertz CT molecular complexity index is 463. The Morgan fingerprint density at radius 3 is 3.10 bits per heavy atom. The standard InChI is InChI=1S/C14H19BO5/c1-2-18-14(16)5-3-4-8-19-12-7-6-11-10-20-15(17)13(11)9-12/h6-7,9,17H,2-5,8,10H2,1H3. The molecule has 0 bridgehead atoms. The molecule has 1 aromatic carbocycles. The zero-order chi connectivity index (χ0) is 14.4. The van der Waals surface area contributed by atoms with E-state index in [0.717, 1.165) is 23.9 Å². The molecule has 108 valence electrons. The van der Waals surface area contributed by atoms with E-state index < -0.39 is 7.12 Å². The van der Waals surface area contributed by atoms with Crippen LogP contribution in [0.5, 0.6) is 5.75 Å². The first-order valence-corrected chi connectivity index (χ1v) is 6.91. The minimum Gasteiger partial charge on any atom is -0.494 e. The number of esters is 1. The zero-order valence-electron chi connectivity index (χ0n) is 11.6. The number of rotatable bonds is 7. The van der Waals surface area contributed by atoms with Crippen LogP contribution in [0, 0.1) is 0 Å². The van der Waals surface area contributed by atoms with Crippen LogP contribution in [0.1, 0.15) is 31.7 Å². The highest BCUT2D eigenvalue weighted by atomic mass is 16.5. The molecule has 1 aromatic rings. The summed E-state index contributed by atoms with van der Waals surface area (Å²) < 4.78 is 15.6. The number of carbonyl (C=O) groups excluding carboxylic acids is 1. The first kappa shape index (κ1) is 14.9. The monoisotopic (exact) mass is 278 g/mol. The fourth-order valence-electron chi connectivity index (χ4n) is 2.08. The Morgan fingerprint density at radius 1 is 1.45 bits per heavy atom. The molecule has 6 heteroatoms. The van der Waals surface area contributed by atoms with Gasteiger partial charge in [-0.1, -0.05) is 6.07 Å². The van der Waals surface area contributed by atoms with Gasteiger partial charge >= 0.3 is 13.1 Å². The summed E-state index contributed by atoms with van der Waals surface area (Å²) in [7, 11) is -0.850. The summed E-state index contributed by atoms with van der Waals surface area (Å²) in [5.74, 6) is 0.551. The fraction of sp³-hybridized carbons (Fsp3) is 0.500. The van der Waals surface area contributed by atoms with E-state index in [-0.39, 0.29) is 5.97 Å². The number of unbranched alkanes of at least 4 members (excludes halogenated alkanes) is 1. The summed E-state index contributed by atoms with van der Waals surface area (Å²) in [6.07, 6.45) is 1.96. The van der Waals surface area contributed by atoms with Gasteiger partial charge < -0.3 is 19.2 Å². The van der Waals surface area contributed by atoms with E-state index >= 15 is 0 Å². The molecule has 0 aromatic heterocycles. The number of benzene rings is 1. The Kier molecular flexibility index (Phi) is 5.44. The Labute approximate surface area is 119 Å². The highest BCUT2D eigenvalue weighted by molar-refractivity contribution is 6.61. The zero-order valence-corrected chi connectivity index (χ0v) is 11.6. The number of hydrogen-bond acceptors (Lipinski definition) is 5. The lowest BCUT2D eigenvalue weighted by atomic mass is 9.79. The average Bonchev–Trinajstić information content (AvgIpc) is 2.80. The molecule has 0 saturated carbocycles. The van der Waals surface area contributed by atoms with Crippen molar-refractivity contribution < 1.29 is 23.9 Å². The van der Waals surface area contributed by atoms with Crippen LogP contribution in [0.25, 0.3) is 0 Å². The van der Waals surface area contributed by atoms with Gasteiger partial charge in [-0.15, -0.1) is 0 Å². The Hall–Kier alpha value is -1.53. The van der Waals surface area contributed by atoms with Gasteiger partial charge in [-0.2, -0.15) is 0 Å². The van der Waals surface area contributed by atoms with E-state index in [4.69, 9.17) is 14.1 Å². The lowest BCUT2D eigenvalue weighted by molar-refractivity contribution is -0.143. The van der Waals surface area contributed by atoms with E-state index in [1.54, 1.807) is 13.0 Å². The minimum absolute atomic E-state index is 0.162. The van der Waals surface area contributed by atoms with Crippen molar-refractivity contribution in [3.63, 3.8) is 0 Å². The van der Waals surface area contributed by atoms with E-state index in [1.165, 1.54) is 0 Å². The number of fused-ring (bicyclic) bond motifs is 1. The smallest absolute Gasteiger partial charge is 0.491 e. The predicted octanol–water partition coefficient (Wildman–Crippen LogP) is 1.02. The lowest BCUT2D eigenvalue weighted by Gasteiger charge is -2.08. The van der Waals surface area contributed by atoms with Crippen LogP contribution in [0.3, 0.4) is 0 Å². The maximum atomic E-state index is 11.1. The van der Waals surface area contributed by atoms with Gasteiger partial charge in [-0.3, -0.25) is 4.79 Å². The molecule has 0 radical (unpaired) electrons. The van der Waals surface area contributed by atoms with Crippen molar-refractivity contribution in [3.05, 3.63) is 23.8 Å². The van der Waals surface area contributed by atoms with Gasteiger partial charge in [0.25, 0.3) is 0 Å². The first-order chi connectivity index (χ1) is 9.70. The largest absolute Gasteiger partial charge is 0.494 e. The Balaban J connectivity index is 1.70. The summed E-state index contributed by atoms with van der Waals surface area (Å²) in [5, 5.41) is 9.60. The summed E-state index contributed by atoms with van der Waals surface area (Å²) in [6.45, 7) is 3.20. The van der Waals surface area contributed by atoms with E-state index in [2.05, 4.69) is 0 Å². The summed E-state index contributed by atoms with van der Waals surface area (Å²) in [5.41, 5.74) is 1.76. The molecule has 0 amide bonds. The molecule has 0 unspecified atom stereocenters. The average molecular weight is 278 g/mol. The summed E-state index contributed by atoms with van der Waals surface area (Å²) >= 11 is 0. The maximum Gasteiger partial charge on any atom is 0.491 e. The molecule has 5 nitrogen and oxygen atoms in total. The van der Waals surface area contributed by atoms with Crippen LogP contribution in [-0.2, 0) is 20.8 Å². The number of ether oxygens (including phenoxy) is 2. The van der Waals surface area contributed by atoms with Crippen molar-refractivity contribution in [2.45, 2.75) is 32.8 Å². The molecule has 20 heavy (non-hydrogen) atoms. The second-order valence-corrected chi connectivity index (χ2v) is 4.63. The molecule has 1 heterocycles. The minimum atomic E-state index is -0.850. The van der Waals surface area contributed by atoms with Crippen LogP contribution in [0.2, 0.25) is 0 Å². The van der Waals surface area contributed by atoms with Crippen molar-refractivity contribution >= 4 is 18.6 Å². The van der Waals surface area contributed by atoms with Crippen LogP contribution in [0.4, 0.5) is 0 Å². The van der Waals surface area contributed by atoms with Crippen molar-refractivity contribution in [1.82, 2.24) is 0 Å². The van der Waals surface area contributed by atoms with E-state index in [9.17, 15) is 9.82 Å². The van der Waals surface area contributed by atoms with Crippen LogP contribution in [0.15, 0.2) is 18.2 Å². The van der Waals surface area contributed by atoms with Gasteiger partial charge in [0.2, 0.25) is 0 Å². The molecule has 1 aliphatic rings. The molecule has 0 fully saturated rings. The third-order valence-electron chi connectivity index (χ3n) is 3.13. The first-order valence-electron chi connectivity index (χ1n) is 6.91. The van der Waals surface area contributed by atoms with Crippen LogP contribution >= 0.6 is 0 Å². The van der Waals surface area contributed by atoms with E-state index in [0.29, 0.717) is 32.0 Å². The maximum absolute atomic E-state index is 11.1. The van der Waals surface area contributed by atoms with Crippen LogP contribution in [-0.4, -0.2) is 31.3 Å². The number of carbonyl (C=O) groups is 1. The molecular formula is C14H19BO5. The van der Waals surface area contributed by atoms with Crippen LogP contribution < -0.4 is 10.2 Å². The second kappa shape index (κ2) is 7.31. The van der Waals surface area contributed by atoms with Crippen molar-refractivity contribution in [2.24, 2.45) is 0 Å². The van der Waals surface area contributed by atoms with Gasteiger partial charge in [-0.05, 0) is 42.9 Å². The topological polar surface area (TPSA) is 65.0 Å². The van der Waals surface area contributed by atoms with Gasteiger partial charge in [0, 0.05) is 6.42 Å². The Morgan fingerprint density at radius 2 is 2.30 bits per heavy atom. The third kappa shape index (κ3) is 3.98. The van der Waals surface area contributed by atoms with Gasteiger partial charge in [0.05, 0.1) is 19.8 Å². The molecule has 1 N–H and O–H groups in total.